The van der Waals surface area contributed by atoms with Crippen LogP contribution in [0.4, 0.5) is 5.69 Å². The predicted octanol–water partition coefficient (Wildman–Crippen LogP) is 3.49. The van der Waals surface area contributed by atoms with Gasteiger partial charge in [0.1, 0.15) is 0 Å². The Bertz CT molecular complexity index is 712. The SMILES string of the molecule is CCNC(=NCCCC(=O)Nc1ccc(Cl)cc1)NC1CCN(C(=O)C(C)C)C1.I. The summed E-state index contributed by atoms with van der Waals surface area (Å²) in [7, 11) is 0. The summed E-state index contributed by atoms with van der Waals surface area (Å²) in [6.07, 6.45) is 1.95. The summed E-state index contributed by atoms with van der Waals surface area (Å²) in [5, 5.41) is 10.1. The molecule has 7 nitrogen and oxygen atoms in total. The Morgan fingerprint density at radius 1 is 1.27 bits per heavy atom. The van der Waals surface area contributed by atoms with E-state index >= 15 is 0 Å². The van der Waals surface area contributed by atoms with Gasteiger partial charge in [-0.1, -0.05) is 25.4 Å². The van der Waals surface area contributed by atoms with Crippen LogP contribution in [-0.2, 0) is 9.59 Å². The van der Waals surface area contributed by atoms with E-state index in [-0.39, 0.29) is 47.8 Å². The summed E-state index contributed by atoms with van der Waals surface area (Å²) >= 11 is 5.85. The zero-order valence-electron chi connectivity index (χ0n) is 17.9. The zero-order valence-corrected chi connectivity index (χ0v) is 21.0. The average molecular weight is 550 g/mol. The van der Waals surface area contributed by atoms with Crippen LogP contribution in [0, 0.1) is 5.92 Å². The van der Waals surface area contributed by atoms with E-state index in [0.717, 1.165) is 31.2 Å². The van der Waals surface area contributed by atoms with Crippen LogP contribution in [0.5, 0.6) is 0 Å². The van der Waals surface area contributed by atoms with Crippen LogP contribution >= 0.6 is 35.6 Å². The Balaban J connectivity index is 0.00000450. The van der Waals surface area contributed by atoms with Gasteiger partial charge in [0.2, 0.25) is 11.8 Å². The molecule has 1 aliphatic heterocycles. The molecule has 2 rings (SSSR count). The van der Waals surface area contributed by atoms with Crippen molar-refractivity contribution in [3.63, 3.8) is 0 Å². The smallest absolute Gasteiger partial charge is 0.225 e. The molecule has 1 heterocycles. The van der Waals surface area contributed by atoms with Gasteiger partial charge in [0, 0.05) is 55.3 Å². The summed E-state index contributed by atoms with van der Waals surface area (Å²) in [5.41, 5.74) is 0.736. The Hall–Kier alpha value is -1.55. The van der Waals surface area contributed by atoms with Crippen LogP contribution in [0.25, 0.3) is 0 Å². The number of nitrogens with zero attached hydrogens (tertiary/aromatic N) is 2. The highest BCUT2D eigenvalue weighted by atomic mass is 127. The summed E-state index contributed by atoms with van der Waals surface area (Å²) < 4.78 is 0. The fourth-order valence-electron chi connectivity index (χ4n) is 3.14. The van der Waals surface area contributed by atoms with Gasteiger partial charge in [0.25, 0.3) is 0 Å². The number of likely N-dealkylation sites (tertiary alicyclic amines) is 1. The van der Waals surface area contributed by atoms with Crippen molar-refractivity contribution in [1.29, 1.82) is 0 Å². The van der Waals surface area contributed by atoms with Crippen LogP contribution in [-0.4, -0.2) is 54.9 Å². The molecule has 2 amide bonds. The summed E-state index contributed by atoms with van der Waals surface area (Å²) in [6.45, 7) is 8.65. The minimum atomic E-state index is -0.0425. The molecular formula is C21H33ClIN5O2. The summed E-state index contributed by atoms with van der Waals surface area (Å²) in [6, 6.07) is 7.24. The minimum absolute atomic E-state index is 0. The van der Waals surface area contributed by atoms with Crippen molar-refractivity contribution in [1.82, 2.24) is 15.5 Å². The zero-order chi connectivity index (χ0) is 21.2. The van der Waals surface area contributed by atoms with Crippen LogP contribution in [0.2, 0.25) is 5.02 Å². The lowest BCUT2D eigenvalue weighted by Gasteiger charge is -2.20. The standard InChI is InChI=1S/C21H32ClN5O2.HI/c1-4-23-21(26-18-11-13-27(14-18)20(29)15(2)3)24-12-5-6-19(28)25-17-9-7-16(22)8-10-17;/h7-10,15,18H,4-6,11-14H2,1-3H3,(H,25,28)(H2,23,24,26);1H. The third-order valence-electron chi connectivity index (χ3n) is 4.64. The molecular weight excluding hydrogens is 517 g/mol. The molecule has 3 N–H and O–H groups in total. The monoisotopic (exact) mass is 549 g/mol. The first-order valence-electron chi connectivity index (χ1n) is 10.3. The second-order valence-corrected chi connectivity index (χ2v) is 7.92. The van der Waals surface area contributed by atoms with Gasteiger partial charge in [0.05, 0.1) is 0 Å². The van der Waals surface area contributed by atoms with Crippen molar-refractivity contribution in [3.8, 4) is 0 Å². The first-order chi connectivity index (χ1) is 13.9. The second kappa shape index (κ2) is 13.7. The number of rotatable bonds is 8. The molecule has 1 unspecified atom stereocenters. The maximum absolute atomic E-state index is 12.1. The van der Waals surface area contributed by atoms with Gasteiger partial charge in [-0.3, -0.25) is 14.6 Å². The van der Waals surface area contributed by atoms with Crippen molar-refractivity contribution in [3.05, 3.63) is 29.3 Å². The molecule has 9 heteroatoms. The molecule has 1 saturated heterocycles. The highest BCUT2D eigenvalue weighted by Gasteiger charge is 2.27. The van der Waals surface area contributed by atoms with Gasteiger partial charge < -0.3 is 20.9 Å². The molecule has 0 aromatic heterocycles. The van der Waals surface area contributed by atoms with Crippen molar-refractivity contribution >= 4 is 59.0 Å². The molecule has 168 valence electrons. The molecule has 1 atom stereocenters. The van der Waals surface area contributed by atoms with Crippen molar-refractivity contribution < 1.29 is 9.59 Å². The Labute approximate surface area is 201 Å². The number of guanidine groups is 1. The third kappa shape index (κ3) is 9.07. The fraction of sp³-hybridized carbons (Fsp3) is 0.571. The van der Waals surface area contributed by atoms with Gasteiger partial charge in [0.15, 0.2) is 5.96 Å². The van der Waals surface area contributed by atoms with E-state index < -0.39 is 0 Å². The number of carbonyl (C=O) groups is 2. The van der Waals surface area contributed by atoms with E-state index in [4.69, 9.17) is 11.6 Å². The van der Waals surface area contributed by atoms with Crippen LogP contribution < -0.4 is 16.0 Å². The number of amides is 2. The van der Waals surface area contributed by atoms with E-state index in [1.165, 1.54) is 0 Å². The number of anilines is 1. The molecule has 0 spiro atoms. The number of benzene rings is 1. The summed E-state index contributed by atoms with van der Waals surface area (Å²) in [5.74, 6) is 0.909. The molecule has 1 fully saturated rings. The third-order valence-corrected chi connectivity index (χ3v) is 4.89. The first-order valence-corrected chi connectivity index (χ1v) is 10.7. The van der Waals surface area contributed by atoms with E-state index in [1.807, 2.05) is 25.7 Å². The molecule has 1 aliphatic rings. The van der Waals surface area contributed by atoms with Crippen LogP contribution in [0.3, 0.4) is 0 Å². The quantitative estimate of drug-likeness (QED) is 0.201. The molecule has 30 heavy (non-hydrogen) atoms. The lowest BCUT2D eigenvalue weighted by Crippen LogP contribution is -2.45. The highest BCUT2D eigenvalue weighted by Crippen LogP contribution is 2.14. The predicted molar refractivity (Wildman–Crippen MR) is 134 cm³/mol. The highest BCUT2D eigenvalue weighted by molar-refractivity contribution is 14.0. The largest absolute Gasteiger partial charge is 0.357 e. The number of nitrogens with one attached hydrogen (secondary N) is 3. The average Bonchev–Trinajstić information content (AvgIpc) is 3.15. The molecule has 0 radical (unpaired) electrons. The Morgan fingerprint density at radius 3 is 2.60 bits per heavy atom. The van der Waals surface area contributed by atoms with Crippen LogP contribution in [0.15, 0.2) is 29.3 Å². The summed E-state index contributed by atoms with van der Waals surface area (Å²) in [4.78, 5) is 30.6. The normalized spacial score (nSPS) is 16.2. The molecule has 0 bridgehead atoms. The topological polar surface area (TPSA) is 85.8 Å². The molecule has 0 aliphatic carbocycles. The van der Waals surface area contributed by atoms with Gasteiger partial charge >= 0.3 is 0 Å². The maximum Gasteiger partial charge on any atom is 0.225 e. The van der Waals surface area contributed by atoms with Gasteiger partial charge in [-0.05, 0) is 44.0 Å². The lowest BCUT2D eigenvalue weighted by molar-refractivity contribution is -0.133. The number of aliphatic imine (C=N–C) groups is 1. The molecule has 1 aromatic rings. The van der Waals surface area contributed by atoms with Gasteiger partial charge in [-0.2, -0.15) is 0 Å². The minimum Gasteiger partial charge on any atom is -0.357 e. The first kappa shape index (κ1) is 26.5. The lowest BCUT2D eigenvalue weighted by atomic mass is 10.2. The molecule has 0 saturated carbocycles. The van der Waals surface area contributed by atoms with E-state index in [1.54, 1.807) is 24.3 Å². The Morgan fingerprint density at radius 2 is 1.97 bits per heavy atom. The van der Waals surface area contributed by atoms with Crippen LogP contribution in [0.1, 0.15) is 40.0 Å². The van der Waals surface area contributed by atoms with Crippen molar-refractivity contribution in [2.45, 2.75) is 46.1 Å². The number of halogens is 2. The maximum atomic E-state index is 12.1. The fourth-order valence-corrected chi connectivity index (χ4v) is 3.27. The number of hydrogen-bond donors (Lipinski definition) is 3. The van der Waals surface area contributed by atoms with E-state index in [9.17, 15) is 9.59 Å². The Kier molecular flexibility index (Phi) is 12.1. The van der Waals surface area contributed by atoms with E-state index in [0.29, 0.717) is 31.0 Å². The van der Waals surface area contributed by atoms with Gasteiger partial charge in [-0.15, -0.1) is 24.0 Å². The number of carbonyl (C=O) groups excluding carboxylic acids is 2. The molecule has 1 aromatic carbocycles. The van der Waals surface area contributed by atoms with Crippen molar-refractivity contribution in [2.75, 3.05) is 31.5 Å². The van der Waals surface area contributed by atoms with Gasteiger partial charge in [-0.25, -0.2) is 0 Å². The second-order valence-electron chi connectivity index (χ2n) is 7.49. The number of hydrogen-bond acceptors (Lipinski definition) is 3. The van der Waals surface area contributed by atoms with Crippen molar-refractivity contribution in [2.24, 2.45) is 10.9 Å². The van der Waals surface area contributed by atoms with E-state index in [2.05, 4.69) is 20.9 Å².